The third-order valence-electron chi connectivity index (χ3n) is 4.84. The zero-order valence-electron chi connectivity index (χ0n) is 14.9. The van der Waals surface area contributed by atoms with Gasteiger partial charge >= 0.3 is 6.09 Å². The standard InChI is InChI=1S/C18H19BrN6O3/c19-13-9-20-17(22-12-1-2-14-10(7-12)8-15(26)23-14)24-16(13)21-11-3-5-25(6-4-11)18(27)28/h1-2,7,9,11H,3-6,8H2,(H,23,26)(H,27,28)(H2,20,21,22,24). The molecular weight excluding hydrogens is 428 g/mol. The Morgan fingerprint density at radius 1 is 1.32 bits per heavy atom. The van der Waals surface area contributed by atoms with Gasteiger partial charge in [0.25, 0.3) is 0 Å². The summed E-state index contributed by atoms with van der Waals surface area (Å²) in [6, 6.07) is 5.78. The van der Waals surface area contributed by atoms with E-state index in [0.717, 1.165) is 34.3 Å². The number of rotatable bonds is 4. The van der Waals surface area contributed by atoms with Crippen LogP contribution in [0.4, 0.5) is 27.9 Å². The first-order valence-electron chi connectivity index (χ1n) is 8.94. The zero-order valence-corrected chi connectivity index (χ0v) is 16.5. The Labute approximate surface area is 169 Å². The van der Waals surface area contributed by atoms with E-state index in [-0.39, 0.29) is 11.9 Å². The molecule has 1 saturated heterocycles. The first kappa shape index (κ1) is 18.5. The van der Waals surface area contributed by atoms with E-state index >= 15 is 0 Å². The molecular formula is C18H19BrN6O3. The van der Waals surface area contributed by atoms with Crippen molar-refractivity contribution in [1.82, 2.24) is 14.9 Å². The first-order valence-corrected chi connectivity index (χ1v) is 9.74. The van der Waals surface area contributed by atoms with Crippen molar-refractivity contribution in [3.8, 4) is 0 Å². The molecule has 0 radical (unpaired) electrons. The second kappa shape index (κ2) is 7.63. The minimum Gasteiger partial charge on any atom is -0.465 e. The number of carbonyl (C=O) groups is 2. The fourth-order valence-electron chi connectivity index (χ4n) is 3.37. The highest BCUT2D eigenvalue weighted by Crippen LogP contribution is 2.28. The third-order valence-corrected chi connectivity index (χ3v) is 5.42. The lowest BCUT2D eigenvalue weighted by atomic mass is 10.1. The maximum atomic E-state index is 11.5. The fraction of sp³-hybridized carbons (Fsp3) is 0.333. The van der Waals surface area contributed by atoms with Crippen molar-refractivity contribution >= 4 is 51.1 Å². The highest BCUT2D eigenvalue weighted by atomic mass is 79.9. The van der Waals surface area contributed by atoms with Crippen LogP contribution in [-0.2, 0) is 11.2 Å². The molecule has 9 nitrogen and oxygen atoms in total. The van der Waals surface area contributed by atoms with Crippen LogP contribution in [-0.4, -0.2) is 51.1 Å². The van der Waals surface area contributed by atoms with Gasteiger partial charge in [-0.3, -0.25) is 4.79 Å². The van der Waals surface area contributed by atoms with Crippen LogP contribution >= 0.6 is 15.9 Å². The van der Waals surface area contributed by atoms with Gasteiger partial charge in [-0.05, 0) is 52.5 Å². The van der Waals surface area contributed by atoms with E-state index in [9.17, 15) is 9.59 Å². The normalized spacial score (nSPS) is 16.5. The summed E-state index contributed by atoms with van der Waals surface area (Å²) in [5.41, 5.74) is 2.58. The topological polar surface area (TPSA) is 119 Å². The van der Waals surface area contributed by atoms with Crippen LogP contribution in [0.25, 0.3) is 0 Å². The van der Waals surface area contributed by atoms with Crippen molar-refractivity contribution in [3.05, 3.63) is 34.4 Å². The number of hydrogen-bond donors (Lipinski definition) is 4. The van der Waals surface area contributed by atoms with Gasteiger partial charge in [0.1, 0.15) is 5.82 Å². The average molecular weight is 447 g/mol. The maximum absolute atomic E-state index is 11.5. The van der Waals surface area contributed by atoms with E-state index in [4.69, 9.17) is 5.11 Å². The van der Waals surface area contributed by atoms with Crippen LogP contribution < -0.4 is 16.0 Å². The third kappa shape index (κ3) is 4.01. The van der Waals surface area contributed by atoms with Crippen LogP contribution in [0.5, 0.6) is 0 Å². The van der Waals surface area contributed by atoms with E-state index < -0.39 is 6.09 Å². The lowest BCUT2D eigenvalue weighted by Gasteiger charge is -2.30. The molecule has 0 atom stereocenters. The molecule has 0 saturated carbocycles. The summed E-state index contributed by atoms with van der Waals surface area (Å²) in [4.78, 5) is 32.8. The molecule has 1 aromatic heterocycles. The Morgan fingerprint density at radius 3 is 2.86 bits per heavy atom. The van der Waals surface area contributed by atoms with Gasteiger partial charge in [0, 0.05) is 36.7 Å². The van der Waals surface area contributed by atoms with Gasteiger partial charge in [-0.2, -0.15) is 4.98 Å². The number of amides is 2. The Hall–Kier alpha value is -2.88. The number of nitrogens with one attached hydrogen (secondary N) is 3. The molecule has 10 heteroatoms. The molecule has 2 aliphatic rings. The summed E-state index contributed by atoms with van der Waals surface area (Å²) in [6.07, 6.45) is 2.60. The molecule has 4 N–H and O–H groups in total. The van der Waals surface area contributed by atoms with Crippen molar-refractivity contribution in [1.29, 1.82) is 0 Å². The number of anilines is 4. The van der Waals surface area contributed by atoms with E-state index in [1.165, 1.54) is 4.90 Å². The lowest BCUT2D eigenvalue weighted by Crippen LogP contribution is -2.41. The molecule has 0 unspecified atom stereocenters. The molecule has 1 aromatic carbocycles. The minimum absolute atomic E-state index is 0.00697. The number of nitrogens with zero attached hydrogens (tertiary/aromatic N) is 3. The Morgan fingerprint density at radius 2 is 2.11 bits per heavy atom. The number of fused-ring (bicyclic) bond motifs is 1. The van der Waals surface area contributed by atoms with Gasteiger partial charge < -0.3 is 26.0 Å². The van der Waals surface area contributed by atoms with Crippen LogP contribution in [0.3, 0.4) is 0 Å². The van der Waals surface area contributed by atoms with Gasteiger partial charge in [-0.25, -0.2) is 9.78 Å². The molecule has 2 aliphatic heterocycles. The molecule has 0 aliphatic carbocycles. The largest absolute Gasteiger partial charge is 0.465 e. The summed E-state index contributed by atoms with van der Waals surface area (Å²) in [7, 11) is 0. The Bertz CT molecular complexity index is 930. The summed E-state index contributed by atoms with van der Waals surface area (Å²) in [6.45, 7) is 1.01. The molecule has 2 aromatic rings. The molecule has 0 bridgehead atoms. The van der Waals surface area contributed by atoms with Crippen LogP contribution in [0.1, 0.15) is 18.4 Å². The maximum Gasteiger partial charge on any atom is 0.407 e. The van der Waals surface area contributed by atoms with Crippen LogP contribution in [0.2, 0.25) is 0 Å². The quantitative estimate of drug-likeness (QED) is 0.569. The second-order valence-corrected chi connectivity index (χ2v) is 7.65. The summed E-state index contributed by atoms with van der Waals surface area (Å²) in [5, 5.41) is 18.4. The SMILES string of the molecule is O=C1Cc2cc(Nc3ncc(Br)c(NC4CCN(C(=O)O)CC4)n3)ccc2N1. The number of carbonyl (C=O) groups excluding carboxylic acids is 1. The lowest BCUT2D eigenvalue weighted by molar-refractivity contribution is -0.115. The molecule has 28 heavy (non-hydrogen) atoms. The highest BCUT2D eigenvalue weighted by molar-refractivity contribution is 9.10. The number of likely N-dealkylation sites (tertiary alicyclic amines) is 1. The molecule has 0 spiro atoms. The van der Waals surface area contributed by atoms with E-state index in [1.807, 2.05) is 18.2 Å². The summed E-state index contributed by atoms with van der Waals surface area (Å²) < 4.78 is 0.738. The van der Waals surface area contributed by atoms with Crippen LogP contribution in [0, 0.1) is 0 Å². The molecule has 1 fully saturated rings. The number of benzene rings is 1. The number of piperidine rings is 1. The van der Waals surface area contributed by atoms with Gasteiger partial charge in [0.15, 0.2) is 0 Å². The smallest absolute Gasteiger partial charge is 0.407 e. The summed E-state index contributed by atoms with van der Waals surface area (Å²) in [5.74, 6) is 1.09. The van der Waals surface area contributed by atoms with Gasteiger partial charge in [0.05, 0.1) is 10.9 Å². The Kier molecular flexibility index (Phi) is 5.03. The van der Waals surface area contributed by atoms with Crippen molar-refractivity contribution in [2.45, 2.75) is 25.3 Å². The minimum atomic E-state index is -0.876. The fourth-order valence-corrected chi connectivity index (χ4v) is 3.68. The molecule has 3 heterocycles. The molecule has 2 amide bonds. The predicted molar refractivity (Wildman–Crippen MR) is 108 cm³/mol. The van der Waals surface area contributed by atoms with Crippen molar-refractivity contribution in [3.63, 3.8) is 0 Å². The van der Waals surface area contributed by atoms with Crippen molar-refractivity contribution < 1.29 is 14.7 Å². The molecule has 146 valence electrons. The summed E-state index contributed by atoms with van der Waals surface area (Å²) >= 11 is 3.46. The second-order valence-electron chi connectivity index (χ2n) is 6.80. The van der Waals surface area contributed by atoms with Gasteiger partial charge in [-0.1, -0.05) is 0 Å². The highest BCUT2D eigenvalue weighted by Gasteiger charge is 2.23. The van der Waals surface area contributed by atoms with Crippen molar-refractivity contribution in [2.24, 2.45) is 0 Å². The van der Waals surface area contributed by atoms with E-state index in [2.05, 4.69) is 41.8 Å². The monoisotopic (exact) mass is 446 g/mol. The first-order chi connectivity index (χ1) is 13.5. The average Bonchev–Trinajstić information content (AvgIpc) is 3.04. The van der Waals surface area contributed by atoms with Gasteiger partial charge in [-0.15, -0.1) is 0 Å². The Balaban J connectivity index is 1.44. The van der Waals surface area contributed by atoms with Crippen LogP contribution in [0.15, 0.2) is 28.9 Å². The van der Waals surface area contributed by atoms with Gasteiger partial charge in [0.2, 0.25) is 11.9 Å². The number of carboxylic acid groups (broad SMARTS) is 1. The number of aromatic nitrogens is 2. The zero-order chi connectivity index (χ0) is 19.7. The van der Waals surface area contributed by atoms with E-state index in [0.29, 0.717) is 31.3 Å². The van der Waals surface area contributed by atoms with E-state index in [1.54, 1.807) is 6.20 Å². The predicted octanol–water partition coefficient (Wildman–Crippen LogP) is 3.03. The van der Waals surface area contributed by atoms with Crippen molar-refractivity contribution in [2.75, 3.05) is 29.0 Å². The number of halogens is 1. The number of hydrogen-bond acceptors (Lipinski definition) is 6. The molecule has 4 rings (SSSR count).